The average Bonchev–Trinajstić information content (AvgIpc) is 2.28. The number of hydrogen-bond acceptors (Lipinski definition) is 3. The standard InChI is InChI=1S/C14H25F2NO2/c1-3-8-17(11-13(18)19-4-2)10-12-6-5-7-14(15,16)9-12/h12H,3-11H2,1-2H3. The number of carbonyl (C=O) groups excluding carboxylic acids is 1. The van der Waals surface area contributed by atoms with Crippen LogP contribution in [0, 0.1) is 5.92 Å². The average molecular weight is 277 g/mol. The molecule has 5 heteroatoms. The third kappa shape index (κ3) is 6.32. The molecule has 3 nitrogen and oxygen atoms in total. The van der Waals surface area contributed by atoms with E-state index >= 15 is 0 Å². The highest BCUT2D eigenvalue weighted by Crippen LogP contribution is 2.36. The molecule has 1 saturated carbocycles. The number of carbonyl (C=O) groups is 1. The van der Waals surface area contributed by atoms with Gasteiger partial charge in [-0.15, -0.1) is 0 Å². The highest BCUT2D eigenvalue weighted by Gasteiger charge is 2.36. The summed E-state index contributed by atoms with van der Waals surface area (Å²) in [5.41, 5.74) is 0. The molecule has 1 aliphatic carbocycles. The van der Waals surface area contributed by atoms with Crippen LogP contribution in [0.3, 0.4) is 0 Å². The number of alkyl halides is 2. The lowest BCUT2D eigenvalue weighted by atomic mass is 9.86. The maximum atomic E-state index is 13.4. The number of nitrogens with zero attached hydrogens (tertiary/aromatic N) is 1. The van der Waals surface area contributed by atoms with Crippen molar-refractivity contribution in [3.63, 3.8) is 0 Å². The van der Waals surface area contributed by atoms with E-state index in [4.69, 9.17) is 4.74 Å². The summed E-state index contributed by atoms with van der Waals surface area (Å²) in [4.78, 5) is 13.4. The van der Waals surface area contributed by atoms with Crippen molar-refractivity contribution in [2.75, 3.05) is 26.2 Å². The highest BCUT2D eigenvalue weighted by molar-refractivity contribution is 5.71. The van der Waals surface area contributed by atoms with Gasteiger partial charge in [0.05, 0.1) is 13.2 Å². The summed E-state index contributed by atoms with van der Waals surface area (Å²) < 4.78 is 31.6. The van der Waals surface area contributed by atoms with Crippen molar-refractivity contribution in [1.29, 1.82) is 0 Å². The minimum absolute atomic E-state index is 0.00908. The molecule has 1 fully saturated rings. The molecule has 1 atom stereocenters. The second-order valence-electron chi connectivity index (χ2n) is 5.36. The molecule has 0 N–H and O–H groups in total. The molecule has 0 spiro atoms. The van der Waals surface area contributed by atoms with E-state index in [1.807, 2.05) is 11.8 Å². The second-order valence-corrected chi connectivity index (χ2v) is 5.36. The van der Waals surface area contributed by atoms with Crippen molar-refractivity contribution in [3.8, 4) is 0 Å². The van der Waals surface area contributed by atoms with Crippen LogP contribution in [0.15, 0.2) is 0 Å². The van der Waals surface area contributed by atoms with E-state index in [1.54, 1.807) is 6.92 Å². The van der Waals surface area contributed by atoms with E-state index in [0.29, 0.717) is 19.6 Å². The van der Waals surface area contributed by atoms with Crippen molar-refractivity contribution in [2.24, 2.45) is 5.92 Å². The van der Waals surface area contributed by atoms with Gasteiger partial charge in [-0.25, -0.2) is 8.78 Å². The molecule has 0 amide bonds. The lowest BCUT2D eigenvalue weighted by Crippen LogP contribution is -2.38. The number of hydrogen-bond donors (Lipinski definition) is 0. The van der Waals surface area contributed by atoms with Crippen LogP contribution in [0.5, 0.6) is 0 Å². The van der Waals surface area contributed by atoms with Gasteiger partial charge in [0, 0.05) is 19.4 Å². The third-order valence-electron chi connectivity index (χ3n) is 3.46. The number of halogens is 2. The van der Waals surface area contributed by atoms with Crippen molar-refractivity contribution >= 4 is 5.97 Å². The molecule has 1 unspecified atom stereocenters. The molecular weight excluding hydrogens is 252 g/mol. The molecule has 0 aromatic rings. The van der Waals surface area contributed by atoms with Gasteiger partial charge in [-0.3, -0.25) is 9.69 Å². The van der Waals surface area contributed by atoms with Gasteiger partial charge in [-0.1, -0.05) is 6.92 Å². The van der Waals surface area contributed by atoms with E-state index in [1.165, 1.54) is 0 Å². The first-order valence-electron chi connectivity index (χ1n) is 7.22. The monoisotopic (exact) mass is 277 g/mol. The van der Waals surface area contributed by atoms with Gasteiger partial charge in [0.25, 0.3) is 0 Å². The summed E-state index contributed by atoms with van der Waals surface area (Å²) in [7, 11) is 0. The maximum Gasteiger partial charge on any atom is 0.320 e. The molecule has 0 heterocycles. The van der Waals surface area contributed by atoms with Crippen molar-refractivity contribution in [2.45, 2.75) is 51.9 Å². The highest BCUT2D eigenvalue weighted by atomic mass is 19.3. The summed E-state index contributed by atoms with van der Waals surface area (Å²) >= 11 is 0. The van der Waals surface area contributed by atoms with Crippen molar-refractivity contribution in [3.05, 3.63) is 0 Å². The Morgan fingerprint density at radius 3 is 2.74 bits per heavy atom. The molecule has 1 rings (SSSR count). The first-order chi connectivity index (χ1) is 8.96. The molecular formula is C14H25F2NO2. The molecule has 0 aromatic carbocycles. The Hall–Kier alpha value is -0.710. The van der Waals surface area contributed by atoms with Crippen LogP contribution in [0.4, 0.5) is 8.78 Å². The summed E-state index contributed by atoms with van der Waals surface area (Å²) in [5, 5.41) is 0. The molecule has 0 aliphatic heterocycles. The predicted molar refractivity (Wildman–Crippen MR) is 70.3 cm³/mol. The van der Waals surface area contributed by atoms with E-state index in [2.05, 4.69) is 0 Å². The molecule has 0 bridgehead atoms. The van der Waals surface area contributed by atoms with Crippen LogP contribution in [-0.2, 0) is 9.53 Å². The maximum absolute atomic E-state index is 13.4. The van der Waals surface area contributed by atoms with Gasteiger partial charge >= 0.3 is 5.97 Å². The minimum Gasteiger partial charge on any atom is -0.465 e. The van der Waals surface area contributed by atoms with Gasteiger partial charge in [0.15, 0.2) is 0 Å². The fourth-order valence-electron chi connectivity index (χ4n) is 2.74. The molecule has 1 aliphatic rings. The van der Waals surface area contributed by atoms with Gasteiger partial charge in [-0.05, 0) is 38.6 Å². The summed E-state index contributed by atoms with van der Waals surface area (Å²) in [6, 6.07) is 0. The first-order valence-corrected chi connectivity index (χ1v) is 7.22. The quantitative estimate of drug-likeness (QED) is 0.670. The lowest BCUT2D eigenvalue weighted by molar-refractivity contribution is -0.144. The molecule has 112 valence electrons. The smallest absolute Gasteiger partial charge is 0.320 e. The Kier molecular flexibility index (Phi) is 6.69. The van der Waals surface area contributed by atoms with Crippen LogP contribution in [0.1, 0.15) is 46.0 Å². The summed E-state index contributed by atoms with van der Waals surface area (Å²) in [6.45, 7) is 5.69. The van der Waals surface area contributed by atoms with Crippen molar-refractivity contribution < 1.29 is 18.3 Å². The lowest BCUT2D eigenvalue weighted by Gasteiger charge is -2.32. The van der Waals surface area contributed by atoms with Crippen molar-refractivity contribution in [1.82, 2.24) is 4.90 Å². The Morgan fingerprint density at radius 2 is 2.16 bits per heavy atom. The van der Waals surface area contributed by atoms with Crippen LogP contribution in [0.25, 0.3) is 0 Å². The first kappa shape index (κ1) is 16.3. The van der Waals surface area contributed by atoms with Crippen LogP contribution < -0.4 is 0 Å². The number of rotatable bonds is 7. The third-order valence-corrected chi connectivity index (χ3v) is 3.46. The number of ether oxygens (including phenoxy) is 1. The SMILES string of the molecule is CCCN(CC(=O)OCC)CC1CCCC(F)(F)C1. The van der Waals surface area contributed by atoms with Gasteiger partial charge in [0.1, 0.15) is 0 Å². The van der Waals surface area contributed by atoms with Crippen LogP contribution in [0.2, 0.25) is 0 Å². The second kappa shape index (κ2) is 7.78. The minimum atomic E-state index is -2.52. The molecule has 0 radical (unpaired) electrons. The topological polar surface area (TPSA) is 29.5 Å². The fraction of sp³-hybridized carbons (Fsp3) is 0.929. The fourth-order valence-corrected chi connectivity index (χ4v) is 2.74. The van der Waals surface area contributed by atoms with Gasteiger partial charge in [-0.2, -0.15) is 0 Å². The Bertz CT molecular complexity index is 285. The normalized spacial score (nSPS) is 22.5. The zero-order chi connectivity index (χ0) is 14.3. The Balaban J connectivity index is 2.45. The Morgan fingerprint density at radius 1 is 1.42 bits per heavy atom. The number of esters is 1. The van der Waals surface area contributed by atoms with E-state index in [9.17, 15) is 13.6 Å². The Labute approximate surface area is 114 Å². The van der Waals surface area contributed by atoms with Crippen LogP contribution in [-0.4, -0.2) is 43.0 Å². The van der Waals surface area contributed by atoms with Crippen LogP contribution >= 0.6 is 0 Å². The van der Waals surface area contributed by atoms with Gasteiger partial charge < -0.3 is 4.74 Å². The van der Waals surface area contributed by atoms with E-state index in [0.717, 1.165) is 19.4 Å². The summed E-state index contributed by atoms with van der Waals surface area (Å²) in [6.07, 6.45) is 2.28. The molecule has 19 heavy (non-hydrogen) atoms. The van der Waals surface area contributed by atoms with Gasteiger partial charge in [0.2, 0.25) is 5.92 Å². The predicted octanol–water partition coefficient (Wildman–Crippen LogP) is 3.09. The molecule has 0 aromatic heterocycles. The molecule has 0 saturated heterocycles. The largest absolute Gasteiger partial charge is 0.465 e. The van der Waals surface area contributed by atoms with E-state index < -0.39 is 5.92 Å². The zero-order valence-corrected chi connectivity index (χ0v) is 12.0. The summed E-state index contributed by atoms with van der Waals surface area (Å²) in [5.74, 6) is -2.80. The zero-order valence-electron chi connectivity index (χ0n) is 12.0. The van der Waals surface area contributed by atoms with E-state index in [-0.39, 0.29) is 31.3 Å².